The molecule has 1 aliphatic rings. The van der Waals surface area contributed by atoms with Crippen LogP contribution in [-0.4, -0.2) is 35.0 Å². The molecule has 3 rings (SSSR count). The van der Waals surface area contributed by atoms with Gasteiger partial charge in [-0.05, 0) is 58.6 Å². The Labute approximate surface area is 172 Å². The highest BCUT2D eigenvalue weighted by atomic mass is 32.1. The summed E-state index contributed by atoms with van der Waals surface area (Å²) in [6.07, 6.45) is 1.72. The van der Waals surface area contributed by atoms with E-state index in [0.717, 1.165) is 23.3 Å². The number of aromatic amines is 1. The molecule has 0 aliphatic heterocycles. The summed E-state index contributed by atoms with van der Waals surface area (Å²) < 4.78 is 5.26. The molecular formula is C21H24N2O5S. The molecule has 29 heavy (non-hydrogen) atoms. The van der Waals surface area contributed by atoms with Gasteiger partial charge in [-0.1, -0.05) is 0 Å². The third-order valence-corrected chi connectivity index (χ3v) is 6.30. The molecule has 7 nitrogen and oxygen atoms in total. The molecule has 154 valence electrons. The van der Waals surface area contributed by atoms with Crippen molar-refractivity contribution < 1.29 is 23.9 Å². The van der Waals surface area contributed by atoms with Crippen LogP contribution in [0.2, 0.25) is 0 Å². The zero-order valence-corrected chi connectivity index (χ0v) is 18.0. The lowest BCUT2D eigenvalue weighted by Crippen LogP contribution is -2.18. The average molecular weight is 416 g/mol. The standard InChI is InChI=1S/C21H24N2O5S/c1-9-13(5)29-20(23-19(26)14-6-7-14)17(9)21(27)28-8-15(25)18-10(2)16(12(4)24)11(3)22-18/h14,22H,6-8H2,1-5H3,(H,23,26). The molecule has 8 heteroatoms. The van der Waals surface area contributed by atoms with Crippen molar-refractivity contribution in [1.29, 1.82) is 0 Å². The van der Waals surface area contributed by atoms with E-state index < -0.39 is 18.4 Å². The highest BCUT2D eigenvalue weighted by molar-refractivity contribution is 7.16. The monoisotopic (exact) mass is 416 g/mol. The fraction of sp³-hybridized carbons (Fsp3) is 0.429. The number of rotatable bonds is 7. The molecule has 0 atom stereocenters. The molecule has 2 N–H and O–H groups in total. The van der Waals surface area contributed by atoms with Crippen molar-refractivity contribution in [3.63, 3.8) is 0 Å². The number of ketones is 2. The van der Waals surface area contributed by atoms with Crippen LogP contribution >= 0.6 is 11.3 Å². The minimum Gasteiger partial charge on any atom is -0.454 e. The number of carbonyl (C=O) groups is 4. The minimum absolute atomic E-state index is 0.0118. The lowest BCUT2D eigenvalue weighted by Gasteiger charge is -2.08. The van der Waals surface area contributed by atoms with Crippen LogP contribution in [0.5, 0.6) is 0 Å². The average Bonchev–Trinajstić information content (AvgIpc) is 3.39. The first-order chi connectivity index (χ1) is 13.6. The van der Waals surface area contributed by atoms with Crippen LogP contribution < -0.4 is 5.32 Å². The number of aryl methyl sites for hydroxylation is 2. The number of H-pyrrole nitrogens is 1. The number of ether oxygens (including phenoxy) is 1. The summed E-state index contributed by atoms with van der Waals surface area (Å²) in [5, 5.41) is 3.28. The molecule has 1 saturated carbocycles. The Balaban J connectivity index is 1.74. The number of amides is 1. The Morgan fingerprint density at radius 1 is 1.07 bits per heavy atom. The third-order valence-electron chi connectivity index (χ3n) is 5.18. The molecule has 0 spiro atoms. The number of aromatic nitrogens is 1. The molecule has 2 aromatic rings. The Hall–Kier alpha value is -2.74. The fourth-order valence-corrected chi connectivity index (χ4v) is 4.40. The van der Waals surface area contributed by atoms with Crippen molar-refractivity contribution in [2.45, 2.75) is 47.5 Å². The molecule has 1 fully saturated rings. The first-order valence-corrected chi connectivity index (χ1v) is 10.2. The molecule has 0 saturated heterocycles. The fourth-order valence-electron chi connectivity index (χ4n) is 3.35. The van der Waals surface area contributed by atoms with Crippen LogP contribution in [0.25, 0.3) is 0 Å². The number of thiophene rings is 1. The predicted octanol–water partition coefficient (Wildman–Crippen LogP) is 3.90. The molecular weight excluding hydrogens is 392 g/mol. The van der Waals surface area contributed by atoms with Crippen molar-refractivity contribution in [1.82, 2.24) is 4.98 Å². The maximum Gasteiger partial charge on any atom is 0.341 e. The van der Waals surface area contributed by atoms with Crippen LogP contribution in [0, 0.1) is 33.6 Å². The molecule has 1 aliphatic carbocycles. The normalized spacial score (nSPS) is 13.3. The van der Waals surface area contributed by atoms with Crippen molar-refractivity contribution in [2.24, 2.45) is 5.92 Å². The first kappa shape index (κ1) is 21.0. The van der Waals surface area contributed by atoms with Crippen LogP contribution in [0.15, 0.2) is 0 Å². The number of esters is 1. The lowest BCUT2D eigenvalue weighted by atomic mass is 10.1. The van der Waals surface area contributed by atoms with E-state index in [4.69, 9.17) is 4.74 Å². The van der Waals surface area contributed by atoms with Gasteiger partial charge in [-0.15, -0.1) is 11.3 Å². The minimum atomic E-state index is -0.654. The smallest absolute Gasteiger partial charge is 0.341 e. The first-order valence-electron chi connectivity index (χ1n) is 9.43. The summed E-state index contributed by atoms with van der Waals surface area (Å²) in [6, 6.07) is 0. The van der Waals surface area contributed by atoms with Crippen LogP contribution in [0.3, 0.4) is 0 Å². The zero-order chi connectivity index (χ0) is 21.5. The second-order valence-electron chi connectivity index (χ2n) is 7.43. The number of Topliss-reactive ketones (excluding diaryl/α,β-unsaturated/α-hetero) is 2. The number of carbonyl (C=O) groups excluding carboxylic acids is 4. The van der Waals surface area contributed by atoms with E-state index in [1.807, 2.05) is 6.92 Å². The highest BCUT2D eigenvalue weighted by Crippen LogP contribution is 2.36. The van der Waals surface area contributed by atoms with Crippen molar-refractivity contribution in [3.05, 3.63) is 38.5 Å². The van der Waals surface area contributed by atoms with E-state index in [-0.39, 0.29) is 28.9 Å². The molecule has 0 unspecified atom stereocenters. The van der Waals surface area contributed by atoms with Gasteiger partial charge in [-0.2, -0.15) is 0 Å². The molecule has 0 aromatic carbocycles. The highest BCUT2D eigenvalue weighted by Gasteiger charge is 2.32. The van der Waals surface area contributed by atoms with Gasteiger partial charge >= 0.3 is 5.97 Å². The Bertz CT molecular complexity index is 1030. The van der Waals surface area contributed by atoms with Crippen molar-refractivity contribution in [3.8, 4) is 0 Å². The molecule has 0 radical (unpaired) electrons. The van der Waals surface area contributed by atoms with Crippen LogP contribution in [0.1, 0.15) is 72.7 Å². The van der Waals surface area contributed by atoms with Gasteiger partial charge in [0.25, 0.3) is 0 Å². The van der Waals surface area contributed by atoms with E-state index >= 15 is 0 Å². The number of hydrogen-bond acceptors (Lipinski definition) is 6. The zero-order valence-electron chi connectivity index (χ0n) is 17.1. The number of anilines is 1. The van der Waals surface area contributed by atoms with Gasteiger partial charge in [0.1, 0.15) is 5.00 Å². The molecule has 1 amide bonds. The van der Waals surface area contributed by atoms with Crippen molar-refractivity contribution in [2.75, 3.05) is 11.9 Å². The van der Waals surface area contributed by atoms with Gasteiger partial charge in [0.2, 0.25) is 11.7 Å². The van der Waals surface area contributed by atoms with E-state index in [0.29, 0.717) is 21.8 Å². The molecule has 2 heterocycles. The van der Waals surface area contributed by atoms with E-state index in [1.165, 1.54) is 18.3 Å². The second-order valence-corrected chi connectivity index (χ2v) is 8.66. The third kappa shape index (κ3) is 4.17. The van der Waals surface area contributed by atoms with Crippen LogP contribution in [-0.2, 0) is 9.53 Å². The van der Waals surface area contributed by atoms with Gasteiger partial charge in [0.05, 0.1) is 11.3 Å². The Kier molecular flexibility index (Phi) is 5.75. The number of hydrogen-bond donors (Lipinski definition) is 2. The largest absolute Gasteiger partial charge is 0.454 e. The van der Waals surface area contributed by atoms with Crippen LogP contribution in [0.4, 0.5) is 5.00 Å². The SMILES string of the molecule is CC(=O)c1c(C)[nH]c(C(=O)COC(=O)c2c(NC(=O)C3CC3)sc(C)c2C)c1C. The van der Waals surface area contributed by atoms with Gasteiger partial charge in [0, 0.05) is 22.1 Å². The maximum absolute atomic E-state index is 12.7. The summed E-state index contributed by atoms with van der Waals surface area (Å²) in [5.74, 6) is -1.28. The summed E-state index contributed by atoms with van der Waals surface area (Å²) in [7, 11) is 0. The van der Waals surface area contributed by atoms with Gasteiger partial charge in [-0.3, -0.25) is 14.4 Å². The second kappa shape index (κ2) is 7.94. The summed E-state index contributed by atoms with van der Waals surface area (Å²) in [4.78, 5) is 52.9. The lowest BCUT2D eigenvalue weighted by molar-refractivity contribution is -0.117. The Morgan fingerprint density at radius 3 is 2.28 bits per heavy atom. The Morgan fingerprint density at radius 2 is 1.72 bits per heavy atom. The molecule has 0 bridgehead atoms. The summed E-state index contributed by atoms with van der Waals surface area (Å²) >= 11 is 1.32. The number of nitrogens with one attached hydrogen (secondary N) is 2. The van der Waals surface area contributed by atoms with E-state index in [2.05, 4.69) is 10.3 Å². The summed E-state index contributed by atoms with van der Waals surface area (Å²) in [6.45, 7) is 8.04. The van der Waals surface area contributed by atoms with E-state index in [9.17, 15) is 19.2 Å². The van der Waals surface area contributed by atoms with Gasteiger partial charge in [-0.25, -0.2) is 4.79 Å². The topological polar surface area (TPSA) is 105 Å². The van der Waals surface area contributed by atoms with E-state index in [1.54, 1.807) is 20.8 Å². The van der Waals surface area contributed by atoms with Crippen molar-refractivity contribution >= 4 is 39.8 Å². The van der Waals surface area contributed by atoms with Gasteiger partial charge < -0.3 is 15.0 Å². The quantitative estimate of drug-likeness (QED) is 0.526. The predicted molar refractivity (Wildman–Crippen MR) is 110 cm³/mol. The summed E-state index contributed by atoms with van der Waals surface area (Å²) in [5.41, 5.74) is 2.92. The van der Waals surface area contributed by atoms with Gasteiger partial charge in [0.15, 0.2) is 12.4 Å². The molecule has 2 aromatic heterocycles. The maximum atomic E-state index is 12.7.